The zero-order valence-electron chi connectivity index (χ0n) is 16.0. The van der Waals surface area contributed by atoms with E-state index in [4.69, 9.17) is 4.74 Å². The van der Waals surface area contributed by atoms with Crippen molar-refractivity contribution in [2.24, 2.45) is 0 Å². The van der Waals surface area contributed by atoms with E-state index in [-0.39, 0.29) is 24.5 Å². The van der Waals surface area contributed by atoms with Crippen LogP contribution in [0.25, 0.3) is 0 Å². The molecule has 148 valence electrons. The molecule has 1 aliphatic heterocycles. The molecule has 1 aliphatic rings. The number of piperidine rings is 1. The number of hydrogen-bond acceptors (Lipinski definition) is 3. The van der Waals surface area contributed by atoms with Crippen molar-refractivity contribution in [1.82, 2.24) is 10.2 Å². The van der Waals surface area contributed by atoms with Crippen LogP contribution in [0, 0.1) is 5.82 Å². The van der Waals surface area contributed by atoms with Crippen molar-refractivity contribution in [2.75, 3.05) is 19.7 Å². The fourth-order valence-corrected chi connectivity index (χ4v) is 3.34. The molecule has 2 aromatic carbocycles. The van der Waals surface area contributed by atoms with E-state index in [9.17, 15) is 14.0 Å². The highest BCUT2D eigenvalue weighted by atomic mass is 19.1. The van der Waals surface area contributed by atoms with Crippen molar-refractivity contribution in [1.29, 1.82) is 0 Å². The monoisotopic (exact) mass is 384 g/mol. The molecule has 1 heterocycles. The van der Waals surface area contributed by atoms with Crippen LogP contribution in [0.5, 0.6) is 5.75 Å². The summed E-state index contributed by atoms with van der Waals surface area (Å²) in [5, 5.41) is 2.92. The van der Waals surface area contributed by atoms with E-state index in [1.165, 1.54) is 18.2 Å². The van der Waals surface area contributed by atoms with Crippen molar-refractivity contribution in [3.05, 3.63) is 65.5 Å². The largest absolute Gasteiger partial charge is 0.483 e. The highest BCUT2D eigenvalue weighted by Gasteiger charge is 2.24. The van der Waals surface area contributed by atoms with E-state index >= 15 is 0 Å². The average Bonchev–Trinajstić information content (AvgIpc) is 2.72. The molecule has 0 aromatic heterocycles. The first-order valence-corrected chi connectivity index (χ1v) is 9.61. The lowest BCUT2D eigenvalue weighted by Gasteiger charge is -2.32. The Labute approximate surface area is 164 Å². The molecular formula is C22H25FN2O3. The molecule has 28 heavy (non-hydrogen) atoms. The first-order valence-electron chi connectivity index (χ1n) is 9.61. The molecule has 5 nitrogen and oxygen atoms in total. The van der Waals surface area contributed by atoms with E-state index in [1.54, 1.807) is 11.0 Å². The third-order valence-electron chi connectivity index (χ3n) is 4.97. The number of ether oxygens (including phenoxy) is 1. The van der Waals surface area contributed by atoms with Gasteiger partial charge in [0, 0.05) is 24.7 Å². The maximum atomic E-state index is 13.3. The Morgan fingerprint density at radius 3 is 2.61 bits per heavy atom. The molecule has 3 rings (SSSR count). The van der Waals surface area contributed by atoms with Gasteiger partial charge in [-0.1, -0.05) is 31.2 Å². The topological polar surface area (TPSA) is 58.6 Å². The number of halogens is 1. The number of rotatable bonds is 6. The van der Waals surface area contributed by atoms with Crippen LogP contribution >= 0.6 is 0 Å². The Kier molecular flexibility index (Phi) is 6.63. The van der Waals surface area contributed by atoms with Gasteiger partial charge in [0.15, 0.2) is 6.61 Å². The highest BCUT2D eigenvalue weighted by Crippen LogP contribution is 2.19. The third kappa shape index (κ3) is 5.09. The summed E-state index contributed by atoms with van der Waals surface area (Å²) in [5.74, 6) is -0.0297. The second-order valence-corrected chi connectivity index (χ2v) is 6.89. The van der Waals surface area contributed by atoms with Crippen LogP contribution in [-0.2, 0) is 11.2 Å². The summed E-state index contributed by atoms with van der Waals surface area (Å²) >= 11 is 0. The summed E-state index contributed by atoms with van der Waals surface area (Å²) < 4.78 is 19.0. The lowest BCUT2D eigenvalue weighted by atomic mass is 10.0. The molecule has 0 saturated carbocycles. The van der Waals surface area contributed by atoms with Gasteiger partial charge in [-0.3, -0.25) is 9.59 Å². The normalized spacial score (nSPS) is 14.6. The lowest BCUT2D eigenvalue weighted by Crippen LogP contribution is -2.47. The van der Waals surface area contributed by atoms with Crippen molar-refractivity contribution < 1.29 is 18.7 Å². The summed E-state index contributed by atoms with van der Waals surface area (Å²) in [6.07, 6.45) is 2.18. The lowest BCUT2D eigenvalue weighted by molar-refractivity contribution is -0.134. The third-order valence-corrected chi connectivity index (χ3v) is 4.97. The van der Waals surface area contributed by atoms with Crippen LogP contribution in [-0.4, -0.2) is 42.5 Å². The Morgan fingerprint density at radius 2 is 1.89 bits per heavy atom. The molecule has 1 saturated heterocycles. The van der Waals surface area contributed by atoms with Gasteiger partial charge in [0.2, 0.25) is 0 Å². The molecule has 1 fully saturated rings. The summed E-state index contributed by atoms with van der Waals surface area (Å²) in [6.45, 7) is 3.18. The molecule has 0 spiro atoms. The standard InChI is InChI=1S/C22H25FN2O3/c1-2-16-6-3-4-9-20(16)28-15-21(26)25-12-10-19(11-13-25)24-22(27)17-7-5-8-18(23)14-17/h3-9,14,19H,2,10-13,15H2,1H3,(H,24,27). The fourth-order valence-electron chi connectivity index (χ4n) is 3.34. The van der Waals surface area contributed by atoms with Crippen molar-refractivity contribution >= 4 is 11.8 Å². The molecule has 6 heteroatoms. The van der Waals surface area contributed by atoms with Gasteiger partial charge in [-0.2, -0.15) is 0 Å². The van der Waals surface area contributed by atoms with Crippen LogP contribution in [0.1, 0.15) is 35.7 Å². The van der Waals surface area contributed by atoms with Crippen molar-refractivity contribution in [2.45, 2.75) is 32.2 Å². The Bertz CT molecular complexity index is 832. The SMILES string of the molecule is CCc1ccccc1OCC(=O)N1CCC(NC(=O)c2cccc(F)c2)CC1. The zero-order valence-corrected chi connectivity index (χ0v) is 16.0. The molecule has 0 atom stereocenters. The van der Waals surface area contributed by atoms with Gasteiger partial charge >= 0.3 is 0 Å². The Morgan fingerprint density at radius 1 is 1.14 bits per heavy atom. The highest BCUT2D eigenvalue weighted by molar-refractivity contribution is 5.94. The van der Waals surface area contributed by atoms with Crippen molar-refractivity contribution in [3.8, 4) is 5.75 Å². The number of amides is 2. The number of hydrogen-bond donors (Lipinski definition) is 1. The number of carbonyl (C=O) groups is 2. The predicted molar refractivity (Wildman–Crippen MR) is 105 cm³/mol. The molecule has 0 bridgehead atoms. The van der Waals surface area contributed by atoms with Gasteiger partial charge < -0.3 is 15.0 Å². The van der Waals surface area contributed by atoms with Gasteiger partial charge in [0.05, 0.1) is 0 Å². The average molecular weight is 384 g/mol. The van der Waals surface area contributed by atoms with Crippen LogP contribution in [0.2, 0.25) is 0 Å². The van der Waals surface area contributed by atoms with Gasteiger partial charge in [-0.25, -0.2) is 4.39 Å². The quantitative estimate of drug-likeness (QED) is 0.832. The van der Waals surface area contributed by atoms with Crippen molar-refractivity contribution in [3.63, 3.8) is 0 Å². The van der Waals surface area contributed by atoms with E-state index < -0.39 is 5.82 Å². The first-order chi connectivity index (χ1) is 13.6. The van der Waals surface area contributed by atoms with Crippen LogP contribution in [0.4, 0.5) is 4.39 Å². The molecule has 1 N–H and O–H groups in total. The molecule has 0 radical (unpaired) electrons. The maximum Gasteiger partial charge on any atom is 0.260 e. The molecule has 2 amide bonds. The van der Waals surface area contributed by atoms with Crippen LogP contribution in [0.15, 0.2) is 48.5 Å². The number of para-hydroxylation sites is 1. The maximum absolute atomic E-state index is 13.3. The second-order valence-electron chi connectivity index (χ2n) is 6.89. The molecular weight excluding hydrogens is 359 g/mol. The predicted octanol–water partition coefficient (Wildman–Crippen LogP) is 3.19. The van der Waals surface area contributed by atoms with Crippen LogP contribution < -0.4 is 10.1 Å². The Balaban J connectivity index is 1.45. The van der Waals surface area contributed by atoms with Gasteiger partial charge in [0.25, 0.3) is 11.8 Å². The minimum atomic E-state index is -0.433. The van der Waals surface area contributed by atoms with Crippen LogP contribution in [0.3, 0.4) is 0 Å². The second kappa shape index (κ2) is 9.35. The first kappa shape index (κ1) is 19.9. The minimum Gasteiger partial charge on any atom is -0.483 e. The van der Waals surface area contributed by atoms with E-state index in [1.807, 2.05) is 31.2 Å². The number of carbonyl (C=O) groups excluding carboxylic acids is 2. The number of likely N-dealkylation sites (tertiary alicyclic amines) is 1. The fraction of sp³-hybridized carbons (Fsp3) is 0.364. The summed E-state index contributed by atoms with van der Waals surface area (Å²) in [5.41, 5.74) is 1.38. The smallest absolute Gasteiger partial charge is 0.260 e. The number of benzene rings is 2. The van der Waals surface area contributed by atoms with Gasteiger partial charge in [-0.15, -0.1) is 0 Å². The van der Waals surface area contributed by atoms with Gasteiger partial charge in [0.1, 0.15) is 11.6 Å². The van der Waals surface area contributed by atoms with E-state index in [0.717, 1.165) is 17.7 Å². The summed E-state index contributed by atoms with van der Waals surface area (Å²) in [4.78, 5) is 26.4. The van der Waals surface area contributed by atoms with E-state index in [0.29, 0.717) is 31.5 Å². The molecule has 2 aromatic rings. The number of nitrogens with zero attached hydrogens (tertiary/aromatic N) is 1. The number of nitrogens with one attached hydrogen (secondary N) is 1. The zero-order chi connectivity index (χ0) is 19.9. The molecule has 0 unspecified atom stereocenters. The molecule has 0 aliphatic carbocycles. The minimum absolute atomic E-state index is 0.0112. The Hall–Kier alpha value is -2.89. The summed E-state index contributed by atoms with van der Waals surface area (Å²) in [6, 6.07) is 13.3. The van der Waals surface area contributed by atoms with Gasteiger partial charge in [-0.05, 0) is 49.1 Å². The summed E-state index contributed by atoms with van der Waals surface area (Å²) in [7, 11) is 0. The number of aryl methyl sites for hydroxylation is 1. The van der Waals surface area contributed by atoms with E-state index in [2.05, 4.69) is 5.32 Å².